The van der Waals surface area contributed by atoms with E-state index >= 15 is 0 Å². The standard InChI is InChI=1S/C18H15ClN2O3/c19-13-5-3-4-12(10-13)11-21-16(22)18(20-17(21)23)8-9-24-15-7-2-1-6-14(15)18/h1-7,10H,8-9,11H2,(H,20,23)/t18-/m1/s1. The molecule has 1 N–H and O–H groups in total. The SMILES string of the molecule is O=C1N[C@@]2(CCOc3ccccc32)C(=O)N1Cc1cccc(Cl)c1. The first kappa shape index (κ1) is 15.0. The van der Waals surface area contributed by atoms with Gasteiger partial charge < -0.3 is 10.1 Å². The molecule has 0 radical (unpaired) electrons. The summed E-state index contributed by atoms with van der Waals surface area (Å²) < 4.78 is 5.62. The second-order valence-electron chi connectivity index (χ2n) is 5.95. The summed E-state index contributed by atoms with van der Waals surface area (Å²) in [7, 11) is 0. The minimum absolute atomic E-state index is 0.190. The van der Waals surface area contributed by atoms with Crippen molar-refractivity contribution < 1.29 is 14.3 Å². The summed E-state index contributed by atoms with van der Waals surface area (Å²) in [5.41, 5.74) is 0.483. The van der Waals surface area contributed by atoms with Crippen molar-refractivity contribution in [3.05, 3.63) is 64.7 Å². The summed E-state index contributed by atoms with van der Waals surface area (Å²) in [6, 6.07) is 14.1. The van der Waals surface area contributed by atoms with Crippen molar-refractivity contribution in [3.8, 4) is 5.75 Å². The van der Waals surface area contributed by atoms with Crippen LogP contribution in [0.5, 0.6) is 5.75 Å². The van der Waals surface area contributed by atoms with Crippen LogP contribution in [0.25, 0.3) is 0 Å². The summed E-state index contributed by atoms with van der Waals surface area (Å²) >= 11 is 5.99. The van der Waals surface area contributed by atoms with Gasteiger partial charge in [-0.2, -0.15) is 0 Å². The van der Waals surface area contributed by atoms with Gasteiger partial charge in [0, 0.05) is 17.0 Å². The van der Waals surface area contributed by atoms with E-state index < -0.39 is 11.6 Å². The molecule has 5 nitrogen and oxygen atoms in total. The van der Waals surface area contributed by atoms with Crippen molar-refractivity contribution in [2.45, 2.75) is 18.5 Å². The predicted octanol–water partition coefficient (Wildman–Crippen LogP) is 3.07. The van der Waals surface area contributed by atoms with E-state index in [-0.39, 0.29) is 12.5 Å². The molecule has 1 atom stereocenters. The van der Waals surface area contributed by atoms with E-state index in [1.54, 1.807) is 18.2 Å². The number of fused-ring (bicyclic) bond motifs is 2. The number of urea groups is 1. The molecule has 2 aromatic carbocycles. The molecule has 0 aliphatic carbocycles. The number of halogens is 1. The Balaban J connectivity index is 1.70. The average Bonchev–Trinajstić information content (AvgIpc) is 2.80. The topological polar surface area (TPSA) is 58.6 Å². The van der Waals surface area contributed by atoms with Gasteiger partial charge in [-0.1, -0.05) is 41.9 Å². The number of amides is 3. The molecule has 1 spiro atoms. The Hall–Kier alpha value is -2.53. The molecule has 122 valence electrons. The third-order valence-corrected chi connectivity index (χ3v) is 4.72. The first-order valence-corrected chi connectivity index (χ1v) is 8.09. The number of nitrogens with one attached hydrogen (secondary N) is 1. The molecule has 1 saturated heterocycles. The fourth-order valence-corrected chi connectivity index (χ4v) is 3.55. The van der Waals surface area contributed by atoms with Crippen molar-refractivity contribution in [1.29, 1.82) is 0 Å². The molecule has 2 heterocycles. The molecular weight excluding hydrogens is 328 g/mol. The normalized spacial score (nSPS) is 22.3. The number of hydrogen-bond acceptors (Lipinski definition) is 3. The number of rotatable bonds is 2. The minimum Gasteiger partial charge on any atom is -0.493 e. The fraction of sp³-hybridized carbons (Fsp3) is 0.222. The number of para-hydroxylation sites is 1. The maximum atomic E-state index is 13.1. The number of benzene rings is 2. The number of nitrogens with zero attached hydrogens (tertiary/aromatic N) is 1. The van der Waals surface area contributed by atoms with Gasteiger partial charge in [-0.25, -0.2) is 4.79 Å². The van der Waals surface area contributed by atoms with Crippen LogP contribution in [0, 0.1) is 0 Å². The second-order valence-corrected chi connectivity index (χ2v) is 6.39. The fourth-order valence-electron chi connectivity index (χ4n) is 3.33. The summed E-state index contributed by atoms with van der Waals surface area (Å²) in [4.78, 5) is 26.8. The van der Waals surface area contributed by atoms with Crippen LogP contribution in [-0.4, -0.2) is 23.4 Å². The maximum absolute atomic E-state index is 13.1. The van der Waals surface area contributed by atoms with E-state index in [0.29, 0.717) is 29.4 Å². The Morgan fingerprint density at radius 2 is 2.00 bits per heavy atom. The molecular formula is C18H15ClN2O3. The number of ether oxygens (including phenoxy) is 1. The monoisotopic (exact) mass is 342 g/mol. The highest BCUT2D eigenvalue weighted by molar-refractivity contribution is 6.30. The van der Waals surface area contributed by atoms with E-state index in [9.17, 15) is 9.59 Å². The summed E-state index contributed by atoms with van der Waals surface area (Å²) in [6.07, 6.45) is 0.417. The van der Waals surface area contributed by atoms with E-state index in [4.69, 9.17) is 16.3 Å². The molecule has 2 aromatic rings. The Bertz CT molecular complexity index is 839. The van der Waals surface area contributed by atoms with Crippen LogP contribution in [0.4, 0.5) is 4.79 Å². The molecule has 2 aliphatic heterocycles. The Morgan fingerprint density at radius 3 is 2.83 bits per heavy atom. The highest BCUT2D eigenvalue weighted by Crippen LogP contribution is 2.41. The first-order valence-electron chi connectivity index (χ1n) is 7.71. The van der Waals surface area contributed by atoms with Gasteiger partial charge >= 0.3 is 6.03 Å². The molecule has 0 bridgehead atoms. The minimum atomic E-state index is -1.04. The Labute approximate surface area is 144 Å². The lowest BCUT2D eigenvalue weighted by Gasteiger charge is -2.33. The van der Waals surface area contributed by atoms with Gasteiger partial charge in [0.1, 0.15) is 5.75 Å². The summed E-state index contributed by atoms with van der Waals surface area (Å²) in [5.74, 6) is 0.394. The quantitative estimate of drug-likeness (QED) is 0.853. The van der Waals surface area contributed by atoms with Crippen LogP contribution in [0.2, 0.25) is 5.02 Å². The third kappa shape index (κ3) is 2.24. The smallest absolute Gasteiger partial charge is 0.325 e. The lowest BCUT2D eigenvalue weighted by Crippen LogP contribution is -2.47. The molecule has 2 aliphatic rings. The second kappa shape index (κ2) is 5.53. The van der Waals surface area contributed by atoms with Crippen molar-refractivity contribution in [2.75, 3.05) is 6.61 Å². The highest BCUT2D eigenvalue weighted by atomic mass is 35.5. The molecule has 24 heavy (non-hydrogen) atoms. The zero-order valence-corrected chi connectivity index (χ0v) is 13.5. The summed E-state index contributed by atoms with van der Waals surface area (Å²) in [5, 5.41) is 3.46. The van der Waals surface area contributed by atoms with Crippen LogP contribution in [0.15, 0.2) is 48.5 Å². The van der Waals surface area contributed by atoms with Gasteiger partial charge in [0.15, 0.2) is 5.54 Å². The number of imide groups is 1. The molecule has 6 heteroatoms. The number of carbonyl (C=O) groups is 2. The highest BCUT2D eigenvalue weighted by Gasteiger charge is 2.54. The Kier molecular flexibility index (Phi) is 3.46. The van der Waals surface area contributed by atoms with Crippen molar-refractivity contribution in [3.63, 3.8) is 0 Å². The van der Waals surface area contributed by atoms with Crippen molar-refractivity contribution in [2.24, 2.45) is 0 Å². The molecule has 0 saturated carbocycles. The van der Waals surface area contributed by atoms with Crippen molar-refractivity contribution in [1.82, 2.24) is 10.2 Å². The zero-order valence-electron chi connectivity index (χ0n) is 12.8. The third-order valence-electron chi connectivity index (χ3n) is 4.49. The molecule has 4 rings (SSSR count). The van der Waals surface area contributed by atoms with Gasteiger partial charge in [0.25, 0.3) is 5.91 Å². The lowest BCUT2D eigenvalue weighted by atomic mass is 9.84. The molecule has 1 fully saturated rings. The number of hydrogen-bond donors (Lipinski definition) is 1. The first-order chi connectivity index (χ1) is 11.6. The van der Waals surface area contributed by atoms with Crippen LogP contribution in [0.1, 0.15) is 17.5 Å². The maximum Gasteiger partial charge on any atom is 0.325 e. The van der Waals surface area contributed by atoms with Crippen LogP contribution in [0.3, 0.4) is 0 Å². The van der Waals surface area contributed by atoms with Crippen LogP contribution in [-0.2, 0) is 16.9 Å². The van der Waals surface area contributed by atoms with E-state index in [1.807, 2.05) is 30.3 Å². The predicted molar refractivity (Wildman–Crippen MR) is 88.8 cm³/mol. The van der Waals surface area contributed by atoms with Gasteiger partial charge in [-0.3, -0.25) is 9.69 Å². The summed E-state index contributed by atoms with van der Waals surface area (Å²) in [6.45, 7) is 0.573. The number of carbonyl (C=O) groups excluding carboxylic acids is 2. The van der Waals surface area contributed by atoms with E-state index in [1.165, 1.54) is 4.90 Å². The van der Waals surface area contributed by atoms with Gasteiger partial charge in [0.2, 0.25) is 0 Å². The van der Waals surface area contributed by atoms with Gasteiger partial charge in [-0.05, 0) is 23.8 Å². The van der Waals surface area contributed by atoms with Gasteiger partial charge in [0.05, 0.1) is 13.2 Å². The lowest BCUT2D eigenvalue weighted by molar-refractivity contribution is -0.133. The average molecular weight is 343 g/mol. The van der Waals surface area contributed by atoms with E-state index in [2.05, 4.69) is 5.32 Å². The van der Waals surface area contributed by atoms with Gasteiger partial charge in [-0.15, -0.1) is 0 Å². The van der Waals surface area contributed by atoms with Crippen molar-refractivity contribution >= 4 is 23.5 Å². The Morgan fingerprint density at radius 1 is 1.17 bits per heavy atom. The molecule has 0 unspecified atom stereocenters. The van der Waals surface area contributed by atoms with Crippen LogP contribution >= 0.6 is 11.6 Å². The van der Waals surface area contributed by atoms with E-state index in [0.717, 1.165) is 5.56 Å². The largest absolute Gasteiger partial charge is 0.493 e. The molecule has 3 amide bonds. The molecule has 0 aromatic heterocycles. The van der Waals surface area contributed by atoms with Crippen LogP contribution < -0.4 is 10.1 Å². The zero-order chi connectivity index (χ0) is 16.7.